The van der Waals surface area contributed by atoms with Crippen molar-refractivity contribution < 1.29 is 14.4 Å². The van der Waals surface area contributed by atoms with Crippen LogP contribution in [0, 0.1) is 0 Å². The van der Waals surface area contributed by atoms with Gasteiger partial charge in [0.05, 0.1) is 0 Å². The lowest BCUT2D eigenvalue weighted by Gasteiger charge is -2.04. The lowest BCUT2D eigenvalue weighted by atomic mass is 10.1. The van der Waals surface area contributed by atoms with Gasteiger partial charge in [-0.25, -0.2) is 0 Å². The van der Waals surface area contributed by atoms with Crippen LogP contribution in [0.3, 0.4) is 0 Å². The van der Waals surface area contributed by atoms with Crippen LogP contribution in [-0.4, -0.2) is 23.0 Å². The number of aromatic nitrogens is 1. The lowest BCUT2D eigenvalue weighted by Crippen LogP contribution is -2.12. The number of anilines is 1. The number of rotatable bonds is 4. The first-order chi connectivity index (χ1) is 9.10. The summed E-state index contributed by atoms with van der Waals surface area (Å²) >= 11 is 0. The summed E-state index contributed by atoms with van der Waals surface area (Å²) < 4.78 is 0. The molecule has 0 bridgehead atoms. The van der Waals surface area contributed by atoms with E-state index in [1.165, 1.54) is 19.2 Å². The molecule has 1 aromatic heterocycles. The van der Waals surface area contributed by atoms with Crippen molar-refractivity contribution in [2.24, 2.45) is 0 Å². The van der Waals surface area contributed by atoms with Gasteiger partial charge in [0, 0.05) is 23.0 Å². The monoisotopic (exact) mass is 256 g/mol. The van der Waals surface area contributed by atoms with Crippen molar-refractivity contribution in [2.45, 2.75) is 6.92 Å². The van der Waals surface area contributed by atoms with Crippen LogP contribution < -0.4 is 5.32 Å². The minimum absolute atomic E-state index is 0.0702. The van der Waals surface area contributed by atoms with E-state index in [4.69, 9.17) is 0 Å². The number of hydrogen-bond acceptors (Lipinski definition) is 3. The van der Waals surface area contributed by atoms with Crippen molar-refractivity contribution in [3.63, 3.8) is 0 Å². The molecule has 1 heterocycles. The zero-order valence-corrected chi connectivity index (χ0v) is 10.3. The summed E-state index contributed by atoms with van der Waals surface area (Å²) in [4.78, 5) is 36.4. The van der Waals surface area contributed by atoms with Crippen LogP contribution in [0.1, 0.15) is 38.1 Å². The smallest absolute Gasteiger partial charge is 0.272 e. The predicted octanol–water partition coefficient (Wildman–Crippen LogP) is 2.28. The van der Waals surface area contributed by atoms with Crippen LogP contribution in [-0.2, 0) is 0 Å². The van der Waals surface area contributed by atoms with Crippen molar-refractivity contribution in [3.05, 3.63) is 53.3 Å². The van der Waals surface area contributed by atoms with Crippen molar-refractivity contribution in [1.29, 1.82) is 0 Å². The first-order valence-electron chi connectivity index (χ1n) is 5.66. The molecule has 19 heavy (non-hydrogen) atoms. The summed E-state index contributed by atoms with van der Waals surface area (Å²) in [5, 5.41) is 2.65. The maximum atomic E-state index is 11.9. The van der Waals surface area contributed by atoms with E-state index >= 15 is 0 Å². The number of nitrogens with one attached hydrogen (secondary N) is 2. The molecule has 96 valence electrons. The number of carbonyl (C=O) groups excluding carboxylic acids is 3. The summed E-state index contributed by atoms with van der Waals surface area (Å²) in [6, 6.07) is 8.11. The first kappa shape index (κ1) is 12.8. The number of carbonyl (C=O) groups is 3. The molecule has 0 unspecified atom stereocenters. The zero-order chi connectivity index (χ0) is 13.8. The van der Waals surface area contributed by atoms with Crippen molar-refractivity contribution in [3.8, 4) is 0 Å². The lowest BCUT2D eigenvalue weighted by molar-refractivity contribution is 0.100. The number of ketones is 1. The molecule has 2 N–H and O–H groups in total. The summed E-state index contributed by atoms with van der Waals surface area (Å²) in [5.41, 5.74) is 1.75. The Balaban J connectivity index is 2.16. The van der Waals surface area contributed by atoms with Crippen LogP contribution in [0.2, 0.25) is 0 Å². The molecule has 0 atom stereocenters. The van der Waals surface area contributed by atoms with E-state index in [1.807, 2.05) is 0 Å². The Kier molecular flexibility index (Phi) is 3.56. The third-order valence-corrected chi connectivity index (χ3v) is 2.61. The molecule has 0 aliphatic rings. The van der Waals surface area contributed by atoms with Gasteiger partial charge in [-0.2, -0.15) is 0 Å². The van der Waals surface area contributed by atoms with Gasteiger partial charge in [-0.05, 0) is 25.1 Å². The van der Waals surface area contributed by atoms with Gasteiger partial charge < -0.3 is 10.3 Å². The number of benzene rings is 1. The highest BCUT2D eigenvalue weighted by molar-refractivity contribution is 6.04. The maximum Gasteiger partial charge on any atom is 0.272 e. The first-order valence-corrected chi connectivity index (χ1v) is 5.66. The van der Waals surface area contributed by atoms with Gasteiger partial charge in [-0.1, -0.05) is 12.1 Å². The van der Waals surface area contributed by atoms with Gasteiger partial charge in [-0.3, -0.25) is 14.4 Å². The molecule has 0 fully saturated rings. The van der Waals surface area contributed by atoms with E-state index in [9.17, 15) is 14.4 Å². The Morgan fingerprint density at radius 2 is 2.05 bits per heavy atom. The Labute approximate surface area is 109 Å². The molecular weight excluding hydrogens is 244 g/mol. The third kappa shape index (κ3) is 2.95. The summed E-state index contributed by atoms with van der Waals surface area (Å²) in [6.45, 7) is 1.46. The van der Waals surface area contributed by atoms with Crippen LogP contribution in [0.5, 0.6) is 0 Å². The molecule has 0 saturated heterocycles. The van der Waals surface area contributed by atoms with Gasteiger partial charge in [0.1, 0.15) is 5.69 Å². The number of H-pyrrole nitrogens is 1. The Morgan fingerprint density at radius 3 is 2.68 bits per heavy atom. The second kappa shape index (κ2) is 5.30. The number of hydrogen-bond donors (Lipinski definition) is 2. The van der Waals surface area contributed by atoms with E-state index in [0.29, 0.717) is 23.1 Å². The van der Waals surface area contributed by atoms with Gasteiger partial charge in [0.15, 0.2) is 12.1 Å². The van der Waals surface area contributed by atoms with Crippen LogP contribution in [0.15, 0.2) is 36.5 Å². The van der Waals surface area contributed by atoms with E-state index in [1.54, 1.807) is 24.3 Å². The number of aromatic amines is 1. The highest BCUT2D eigenvalue weighted by Crippen LogP contribution is 2.12. The molecule has 5 heteroatoms. The topological polar surface area (TPSA) is 79.0 Å². The SMILES string of the molecule is CC(=O)c1cccc(NC(=O)c2cc(C=O)c[nH]2)c1. The number of Topliss-reactive ketones (excluding diaryl/α,β-unsaturated/α-hetero) is 1. The van der Waals surface area contributed by atoms with Crippen molar-refractivity contribution >= 4 is 23.7 Å². The molecule has 0 spiro atoms. The molecule has 5 nitrogen and oxygen atoms in total. The van der Waals surface area contributed by atoms with Gasteiger partial charge in [0.2, 0.25) is 0 Å². The fourth-order valence-corrected chi connectivity index (χ4v) is 1.62. The molecule has 1 aromatic carbocycles. The van der Waals surface area contributed by atoms with Gasteiger partial charge in [-0.15, -0.1) is 0 Å². The van der Waals surface area contributed by atoms with E-state index in [2.05, 4.69) is 10.3 Å². The van der Waals surface area contributed by atoms with Crippen LogP contribution in [0.4, 0.5) is 5.69 Å². The minimum atomic E-state index is -0.367. The highest BCUT2D eigenvalue weighted by atomic mass is 16.2. The normalized spacial score (nSPS) is 9.95. The molecule has 0 aliphatic heterocycles. The van der Waals surface area contributed by atoms with Crippen LogP contribution in [0.25, 0.3) is 0 Å². The van der Waals surface area contributed by atoms with Crippen LogP contribution >= 0.6 is 0 Å². The fourth-order valence-electron chi connectivity index (χ4n) is 1.62. The Hall–Kier alpha value is -2.69. The van der Waals surface area contributed by atoms with Gasteiger partial charge in [0.25, 0.3) is 5.91 Å². The molecular formula is C14H12N2O3. The standard InChI is InChI=1S/C14H12N2O3/c1-9(18)11-3-2-4-12(6-11)16-14(19)13-5-10(8-17)7-15-13/h2-8,15H,1H3,(H,16,19). The average Bonchev–Trinajstić information content (AvgIpc) is 2.88. The quantitative estimate of drug-likeness (QED) is 0.650. The number of amides is 1. The Bertz CT molecular complexity index is 644. The minimum Gasteiger partial charge on any atom is -0.356 e. The van der Waals surface area contributed by atoms with Gasteiger partial charge >= 0.3 is 0 Å². The largest absolute Gasteiger partial charge is 0.356 e. The zero-order valence-electron chi connectivity index (χ0n) is 10.3. The summed E-state index contributed by atoms with van der Waals surface area (Å²) in [6.07, 6.45) is 2.11. The van der Waals surface area contributed by atoms with E-state index < -0.39 is 0 Å². The fraction of sp³-hybridized carbons (Fsp3) is 0.0714. The second-order valence-corrected chi connectivity index (χ2v) is 4.06. The van der Waals surface area contributed by atoms with E-state index in [0.717, 1.165) is 0 Å². The second-order valence-electron chi connectivity index (χ2n) is 4.06. The highest BCUT2D eigenvalue weighted by Gasteiger charge is 2.09. The summed E-state index contributed by atoms with van der Waals surface area (Å²) in [5.74, 6) is -0.437. The van der Waals surface area contributed by atoms with E-state index in [-0.39, 0.29) is 17.4 Å². The molecule has 2 aromatic rings. The number of aldehydes is 1. The summed E-state index contributed by atoms with van der Waals surface area (Å²) in [7, 11) is 0. The molecule has 0 radical (unpaired) electrons. The molecule has 2 rings (SSSR count). The van der Waals surface area contributed by atoms with Crippen molar-refractivity contribution in [2.75, 3.05) is 5.32 Å². The average molecular weight is 256 g/mol. The van der Waals surface area contributed by atoms with Crippen molar-refractivity contribution in [1.82, 2.24) is 4.98 Å². The molecule has 0 aliphatic carbocycles. The predicted molar refractivity (Wildman–Crippen MR) is 70.6 cm³/mol. The maximum absolute atomic E-state index is 11.9. The Morgan fingerprint density at radius 1 is 1.26 bits per heavy atom. The molecule has 0 saturated carbocycles. The molecule has 1 amide bonds. The third-order valence-electron chi connectivity index (χ3n) is 2.61.